The van der Waals surface area contributed by atoms with E-state index in [1.165, 1.54) is 0 Å². The Bertz CT molecular complexity index is 1070. The van der Waals surface area contributed by atoms with Crippen molar-refractivity contribution in [3.05, 3.63) is 77.1 Å². The van der Waals surface area contributed by atoms with E-state index in [9.17, 15) is 9.90 Å². The molecule has 0 spiro atoms. The Morgan fingerprint density at radius 2 is 1.97 bits per heavy atom. The van der Waals surface area contributed by atoms with Crippen LogP contribution in [0.25, 0.3) is 5.69 Å². The van der Waals surface area contributed by atoms with Crippen molar-refractivity contribution in [3.63, 3.8) is 0 Å². The summed E-state index contributed by atoms with van der Waals surface area (Å²) >= 11 is 0. The van der Waals surface area contributed by atoms with E-state index in [0.29, 0.717) is 24.4 Å². The summed E-state index contributed by atoms with van der Waals surface area (Å²) < 4.78 is 7.90. The average Bonchev–Trinajstić information content (AvgIpc) is 3.44. The molecule has 2 heterocycles. The molecule has 0 unspecified atom stereocenters. The molecular formula is C24H25N3O3. The first-order chi connectivity index (χ1) is 14.6. The number of carbonyl (C=O) groups excluding carboxylic acids is 1. The predicted molar refractivity (Wildman–Crippen MR) is 113 cm³/mol. The Balaban J connectivity index is 1.31. The number of aliphatic hydroxyl groups excluding tert-OH is 1. The van der Waals surface area contributed by atoms with Gasteiger partial charge in [0.15, 0.2) is 0 Å². The van der Waals surface area contributed by atoms with Crippen LogP contribution in [0.5, 0.6) is 5.75 Å². The number of rotatable bonds is 5. The molecule has 0 saturated heterocycles. The van der Waals surface area contributed by atoms with Crippen molar-refractivity contribution < 1.29 is 14.6 Å². The lowest BCUT2D eigenvalue weighted by atomic mass is 10.1. The van der Waals surface area contributed by atoms with Gasteiger partial charge in [-0.3, -0.25) is 4.79 Å². The third kappa shape index (κ3) is 3.48. The van der Waals surface area contributed by atoms with Crippen LogP contribution >= 0.6 is 0 Å². The molecule has 0 bridgehead atoms. The van der Waals surface area contributed by atoms with Gasteiger partial charge >= 0.3 is 0 Å². The van der Waals surface area contributed by atoms with E-state index in [0.717, 1.165) is 41.8 Å². The van der Waals surface area contributed by atoms with Crippen LogP contribution in [0.1, 0.15) is 46.4 Å². The van der Waals surface area contributed by atoms with Crippen molar-refractivity contribution >= 4 is 5.91 Å². The Hall–Kier alpha value is -3.12. The highest BCUT2D eigenvalue weighted by Crippen LogP contribution is 2.34. The quantitative estimate of drug-likeness (QED) is 0.706. The molecule has 1 aliphatic heterocycles. The maximum absolute atomic E-state index is 13.1. The summed E-state index contributed by atoms with van der Waals surface area (Å²) in [6.45, 7) is 3.07. The number of amides is 1. The Morgan fingerprint density at radius 3 is 2.67 bits per heavy atom. The molecule has 1 aromatic heterocycles. The van der Waals surface area contributed by atoms with E-state index in [2.05, 4.69) is 5.10 Å². The second-order valence-corrected chi connectivity index (χ2v) is 8.17. The normalized spacial score (nSPS) is 20.6. The third-order valence-electron chi connectivity index (χ3n) is 5.97. The van der Waals surface area contributed by atoms with E-state index in [1.54, 1.807) is 0 Å². The van der Waals surface area contributed by atoms with Crippen molar-refractivity contribution in [1.29, 1.82) is 0 Å². The van der Waals surface area contributed by atoms with Crippen LogP contribution in [-0.2, 0) is 13.1 Å². The lowest BCUT2D eigenvalue weighted by Gasteiger charge is -2.19. The molecule has 154 valence electrons. The van der Waals surface area contributed by atoms with Gasteiger partial charge in [0.1, 0.15) is 11.9 Å². The fourth-order valence-electron chi connectivity index (χ4n) is 4.35. The summed E-state index contributed by atoms with van der Waals surface area (Å²) in [6.07, 6.45) is 3.80. The number of ether oxygens (including phenoxy) is 1. The summed E-state index contributed by atoms with van der Waals surface area (Å²) in [5.74, 6) is 0.579. The summed E-state index contributed by atoms with van der Waals surface area (Å²) in [4.78, 5) is 15.0. The van der Waals surface area contributed by atoms with Gasteiger partial charge in [0.2, 0.25) is 0 Å². The van der Waals surface area contributed by atoms with E-state index in [4.69, 9.17) is 4.74 Å². The van der Waals surface area contributed by atoms with Crippen LogP contribution in [0.4, 0.5) is 0 Å². The Kier molecular flexibility index (Phi) is 4.79. The first-order valence-corrected chi connectivity index (χ1v) is 10.5. The first kappa shape index (κ1) is 18.9. The van der Waals surface area contributed by atoms with Crippen molar-refractivity contribution in [2.75, 3.05) is 0 Å². The molecule has 3 aromatic rings. The highest BCUT2D eigenvalue weighted by atomic mass is 16.5. The second kappa shape index (κ2) is 7.61. The van der Waals surface area contributed by atoms with Crippen molar-refractivity contribution in [2.24, 2.45) is 0 Å². The van der Waals surface area contributed by atoms with E-state index in [1.807, 2.05) is 71.2 Å². The van der Waals surface area contributed by atoms with Gasteiger partial charge in [0.05, 0.1) is 23.0 Å². The molecule has 1 aliphatic carbocycles. The van der Waals surface area contributed by atoms with Gasteiger partial charge < -0.3 is 14.7 Å². The zero-order valence-corrected chi connectivity index (χ0v) is 17.0. The molecule has 1 amide bonds. The molecule has 2 aliphatic rings. The van der Waals surface area contributed by atoms with Crippen LogP contribution in [0.15, 0.2) is 54.7 Å². The number of hydrogen-bond donors (Lipinski definition) is 1. The number of carbonyl (C=O) groups is 1. The van der Waals surface area contributed by atoms with Crippen LogP contribution in [0, 0.1) is 6.92 Å². The SMILES string of the molecule is Cc1ccn(-c2ccc(CN3Cc4cccc(O[C@@H]5CCC[C@H]5O)c4C3=O)cc2)n1. The minimum atomic E-state index is -0.453. The molecule has 30 heavy (non-hydrogen) atoms. The van der Waals surface area contributed by atoms with Crippen molar-refractivity contribution in [2.45, 2.75) is 51.5 Å². The lowest BCUT2D eigenvalue weighted by Crippen LogP contribution is -2.27. The van der Waals surface area contributed by atoms with Gasteiger partial charge in [-0.2, -0.15) is 5.10 Å². The zero-order valence-electron chi connectivity index (χ0n) is 17.0. The monoisotopic (exact) mass is 403 g/mol. The molecular weight excluding hydrogens is 378 g/mol. The number of fused-ring (bicyclic) bond motifs is 1. The molecule has 1 N–H and O–H groups in total. The van der Waals surface area contributed by atoms with Crippen molar-refractivity contribution in [3.8, 4) is 11.4 Å². The maximum atomic E-state index is 13.1. The molecule has 6 heteroatoms. The number of aryl methyl sites for hydroxylation is 1. The number of aromatic nitrogens is 2. The minimum Gasteiger partial charge on any atom is -0.487 e. The molecule has 2 aromatic carbocycles. The number of nitrogens with zero attached hydrogens (tertiary/aromatic N) is 3. The topological polar surface area (TPSA) is 67.6 Å². The van der Waals surface area contributed by atoms with E-state index in [-0.39, 0.29) is 12.0 Å². The minimum absolute atomic E-state index is 0.0140. The van der Waals surface area contributed by atoms with Gasteiger partial charge in [-0.25, -0.2) is 4.68 Å². The summed E-state index contributed by atoms with van der Waals surface area (Å²) in [7, 11) is 0. The summed E-state index contributed by atoms with van der Waals surface area (Å²) in [5, 5.41) is 14.5. The lowest BCUT2D eigenvalue weighted by molar-refractivity contribution is 0.0582. The van der Waals surface area contributed by atoms with Gasteiger partial charge in [-0.05, 0) is 61.6 Å². The maximum Gasteiger partial charge on any atom is 0.258 e. The third-order valence-corrected chi connectivity index (χ3v) is 5.97. The van der Waals surface area contributed by atoms with Gasteiger partial charge in [-0.15, -0.1) is 0 Å². The molecule has 2 atom stereocenters. The fraction of sp³-hybridized carbons (Fsp3) is 0.333. The fourth-order valence-corrected chi connectivity index (χ4v) is 4.35. The molecule has 5 rings (SSSR count). The number of aliphatic hydroxyl groups is 1. The molecule has 6 nitrogen and oxygen atoms in total. The van der Waals surface area contributed by atoms with Crippen LogP contribution in [-0.4, -0.2) is 37.9 Å². The Labute approximate surface area is 175 Å². The second-order valence-electron chi connectivity index (χ2n) is 8.17. The van der Waals surface area contributed by atoms with Crippen LogP contribution in [0.3, 0.4) is 0 Å². The Morgan fingerprint density at radius 1 is 1.13 bits per heavy atom. The van der Waals surface area contributed by atoms with Gasteiger partial charge in [0.25, 0.3) is 5.91 Å². The van der Waals surface area contributed by atoms with E-state index < -0.39 is 6.10 Å². The smallest absolute Gasteiger partial charge is 0.258 e. The van der Waals surface area contributed by atoms with Crippen LogP contribution in [0.2, 0.25) is 0 Å². The summed E-state index contributed by atoms with van der Waals surface area (Å²) in [6, 6.07) is 15.8. The van der Waals surface area contributed by atoms with Gasteiger partial charge in [-0.1, -0.05) is 24.3 Å². The predicted octanol–water partition coefficient (Wildman–Crippen LogP) is 3.63. The molecule has 1 saturated carbocycles. The highest BCUT2D eigenvalue weighted by molar-refractivity contribution is 6.01. The summed E-state index contributed by atoms with van der Waals surface area (Å²) in [5.41, 5.74) is 4.66. The highest BCUT2D eigenvalue weighted by Gasteiger charge is 2.33. The standard InChI is InChI=1S/C24H25N3O3/c1-16-12-13-27(25-16)19-10-8-17(9-11-19)14-26-15-18-4-2-7-22(23(18)24(26)29)30-21-6-3-5-20(21)28/h2,4,7-13,20-21,28H,3,5-6,14-15H2,1H3/t20-,21-/m1/s1. The largest absolute Gasteiger partial charge is 0.487 e. The van der Waals surface area contributed by atoms with Gasteiger partial charge in [0, 0.05) is 19.3 Å². The van der Waals surface area contributed by atoms with Crippen molar-refractivity contribution in [1.82, 2.24) is 14.7 Å². The zero-order chi connectivity index (χ0) is 20.7. The first-order valence-electron chi connectivity index (χ1n) is 10.5. The number of benzene rings is 2. The molecule has 0 radical (unpaired) electrons. The van der Waals surface area contributed by atoms with Crippen LogP contribution < -0.4 is 4.74 Å². The van der Waals surface area contributed by atoms with E-state index >= 15 is 0 Å². The average molecular weight is 403 g/mol. The molecule has 1 fully saturated rings. The number of hydrogen-bond acceptors (Lipinski definition) is 4.